The highest BCUT2D eigenvalue weighted by Gasteiger charge is 2.17. The molecule has 0 saturated heterocycles. The van der Waals surface area contributed by atoms with Gasteiger partial charge < -0.3 is 10.4 Å². The van der Waals surface area contributed by atoms with Crippen LogP contribution in [-0.4, -0.2) is 37.0 Å². The van der Waals surface area contributed by atoms with Crippen molar-refractivity contribution in [2.45, 2.75) is 0 Å². The monoisotopic (exact) mass is 361 g/mol. The number of anilines is 1. The first-order valence-electron chi connectivity index (χ1n) is 8.22. The van der Waals surface area contributed by atoms with E-state index in [4.69, 9.17) is 5.11 Å². The Kier molecular flexibility index (Phi) is 4.13. The van der Waals surface area contributed by atoms with Crippen molar-refractivity contribution in [1.29, 1.82) is 0 Å². The molecule has 4 aromatic rings. The number of aromatic nitrogens is 4. The van der Waals surface area contributed by atoms with Gasteiger partial charge in [-0.1, -0.05) is 36.4 Å². The number of rotatable bonds is 5. The van der Waals surface area contributed by atoms with E-state index in [9.17, 15) is 9.59 Å². The van der Waals surface area contributed by atoms with Gasteiger partial charge in [-0.2, -0.15) is 10.1 Å². The number of hydrogen-bond donors (Lipinski definition) is 2. The predicted octanol–water partition coefficient (Wildman–Crippen LogP) is 2.07. The van der Waals surface area contributed by atoms with Crippen LogP contribution >= 0.6 is 0 Å². The van der Waals surface area contributed by atoms with Gasteiger partial charge in [-0.25, -0.2) is 9.25 Å². The van der Waals surface area contributed by atoms with Gasteiger partial charge in [-0.05, 0) is 24.3 Å². The first kappa shape index (κ1) is 16.5. The molecule has 0 bridgehead atoms. The number of nitrogens with one attached hydrogen (secondary N) is 1. The fraction of sp³-hybridized carbons (Fsp3) is 0.0526. The molecule has 4 rings (SSSR count). The lowest BCUT2D eigenvalue weighted by Crippen LogP contribution is -2.26. The van der Waals surface area contributed by atoms with Crippen molar-refractivity contribution in [2.75, 3.05) is 11.9 Å². The third kappa shape index (κ3) is 3.04. The van der Waals surface area contributed by atoms with Crippen LogP contribution in [-0.2, 0) is 4.79 Å². The number of nitrogens with zero attached hydrogens (tertiary/aromatic N) is 4. The fourth-order valence-electron chi connectivity index (χ4n) is 2.82. The summed E-state index contributed by atoms with van der Waals surface area (Å²) in [6.45, 7) is -0.371. The van der Waals surface area contributed by atoms with Gasteiger partial charge >= 0.3 is 5.97 Å². The van der Waals surface area contributed by atoms with Crippen LogP contribution in [0, 0.1) is 0 Å². The molecule has 0 fully saturated rings. The molecule has 0 aliphatic heterocycles. The smallest absolute Gasteiger partial charge is 0.322 e. The summed E-state index contributed by atoms with van der Waals surface area (Å²) in [5.41, 5.74) is 1.35. The second kappa shape index (κ2) is 6.75. The molecule has 0 spiro atoms. The van der Waals surface area contributed by atoms with Crippen LogP contribution in [0.4, 0.5) is 5.95 Å². The molecule has 0 amide bonds. The molecule has 0 aliphatic carbocycles. The van der Waals surface area contributed by atoms with Crippen molar-refractivity contribution >= 4 is 23.0 Å². The second-order valence-electron chi connectivity index (χ2n) is 5.79. The van der Waals surface area contributed by atoms with Gasteiger partial charge in [0.25, 0.3) is 5.56 Å². The number of aliphatic carboxylic acids is 1. The molecule has 134 valence electrons. The normalized spacial score (nSPS) is 10.8. The van der Waals surface area contributed by atoms with Gasteiger partial charge in [0, 0.05) is 0 Å². The van der Waals surface area contributed by atoms with Gasteiger partial charge in [-0.3, -0.25) is 9.59 Å². The SMILES string of the molecule is O=C(O)CNc1nc2c(cnn2-c2ccccc2)c(=O)n1-c1ccccc1. The van der Waals surface area contributed by atoms with E-state index >= 15 is 0 Å². The van der Waals surface area contributed by atoms with Gasteiger partial charge in [0.05, 0.1) is 17.6 Å². The summed E-state index contributed by atoms with van der Waals surface area (Å²) in [6.07, 6.45) is 1.47. The summed E-state index contributed by atoms with van der Waals surface area (Å²) in [5.74, 6) is -0.917. The first-order valence-corrected chi connectivity index (χ1v) is 8.22. The van der Waals surface area contributed by atoms with Crippen molar-refractivity contribution in [3.8, 4) is 11.4 Å². The van der Waals surface area contributed by atoms with Crippen LogP contribution in [0.15, 0.2) is 71.7 Å². The quantitative estimate of drug-likeness (QED) is 0.564. The molecule has 2 aromatic carbocycles. The maximum absolute atomic E-state index is 13.1. The van der Waals surface area contributed by atoms with E-state index in [1.54, 1.807) is 28.9 Å². The molecule has 0 aliphatic rings. The zero-order valence-corrected chi connectivity index (χ0v) is 14.1. The summed E-state index contributed by atoms with van der Waals surface area (Å²) in [5, 5.41) is 16.4. The van der Waals surface area contributed by atoms with Gasteiger partial charge in [0.2, 0.25) is 5.95 Å². The third-order valence-corrected chi connectivity index (χ3v) is 4.01. The lowest BCUT2D eigenvalue weighted by Gasteiger charge is -2.13. The Balaban J connectivity index is 1.97. The summed E-state index contributed by atoms with van der Waals surface area (Å²) < 4.78 is 2.90. The number of carbonyl (C=O) groups is 1. The molecule has 27 heavy (non-hydrogen) atoms. The highest BCUT2D eigenvalue weighted by Crippen LogP contribution is 2.18. The molecule has 8 nitrogen and oxygen atoms in total. The maximum Gasteiger partial charge on any atom is 0.322 e. The van der Waals surface area contributed by atoms with Gasteiger partial charge in [-0.15, -0.1) is 0 Å². The van der Waals surface area contributed by atoms with E-state index in [1.807, 2.05) is 36.4 Å². The van der Waals surface area contributed by atoms with E-state index in [1.165, 1.54) is 10.8 Å². The molecule has 2 heterocycles. The number of benzene rings is 2. The minimum absolute atomic E-state index is 0.138. The highest BCUT2D eigenvalue weighted by atomic mass is 16.4. The summed E-state index contributed by atoms with van der Waals surface area (Å²) in [6, 6.07) is 18.2. The van der Waals surface area contributed by atoms with Crippen LogP contribution in [0.2, 0.25) is 0 Å². The number of hydrogen-bond acceptors (Lipinski definition) is 5. The largest absolute Gasteiger partial charge is 0.480 e. The Morgan fingerprint density at radius 1 is 1.00 bits per heavy atom. The fourth-order valence-corrected chi connectivity index (χ4v) is 2.82. The number of carboxylic acids is 1. The third-order valence-electron chi connectivity index (χ3n) is 4.01. The van der Waals surface area contributed by atoms with Crippen molar-refractivity contribution in [3.05, 3.63) is 77.2 Å². The average molecular weight is 361 g/mol. The summed E-state index contributed by atoms with van der Waals surface area (Å²) in [4.78, 5) is 28.6. The number of carboxylic acid groups (broad SMARTS) is 1. The van der Waals surface area contributed by atoms with Crippen molar-refractivity contribution in [3.63, 3.8) is 0 Å². The molecule has 0 atom stereocenters. The minimum Gasteiger partial charge on any atom is -0.480 e. The Hall–Kier alpha value is -3.94. The molecule has 0 unspecified atom stereocenters. The van der Waals surface area contributed by atoms with Crippen LogP contribution in [0.3, 0.4) is 0 Å². The average Bonchev–Trinajstić information content (AvgIpc) is 3.12. The number of para-hydroxylation sites is 2. The first-order chi connectivity index (χ1) is 13.1. The molecule has 0 saturated carbocycles. The standard InChI is InChI=1S/C19H15N5O3/c25-16(26)12-20-19-22-17-15(11-21-24(17)14-9-5-2-6-10-14)18(27)23(19)13-7-3-1-4-8-13/h1-11H,12H2,(H,20,22)(H,25,26). The van der Waals surface area contributed by atoms with E-state index < -0.39 is 5.97 Å². The minimum atomic E-state index is -1.06. The van der Waals surface area contributed by atoms with Crippen LogP contribution < -0.4 is 10.9 Å². The topological polar surface area (TPSA) is 102 Å². The Morgan fingerprint density at radius 2 is 1.63 bits per heavy atom. The summed E-state index contributed by atoms with van der Waals surface area (Å²) >= 11 is 0. The highest BCUT2D eigenvalue weighted by molar-refractivity contribution is 5.78. The number of fused-ring (bicyclic) bond motifs is 1. The Labute approximate surface area is 153 Å². The lowest BCUT2D eigenvalue weighted by atomic mass is 10.3. The molecule has 0 radical (unpaired) electrons. The molecular weight excluding hydrogens is 346 g/mol. The Morgan fingerprint density at radius 3 is 2.26 bits per heavy atom. The van der Waals surface area contributed by atoms with E-state index in [2.05, 4.69) is 15.4 Å². The predicted molar refractivity (Wildman–Crippen MR) is 101 cm³/mol. The van der Waals surface area contributed by atoms with Crippen LogP contribution in [0.1, 0.15) is 0 Å². The van der Waals surface area contributed by atoms with Crippen molar-refractivity contribution in [1.82, 2.24) is 19.3 Å². The second-order valence-corrected chi connectivity index (χ2v) is 5.79. The van der Waals surface area contributed by atoms with E-state index in [0.29, 0.717) is 16.7 Å². The van der Waals surface area contributed by atoms with Crippen molar-refractivity contribution < 1.29 is 9.90 Å². The molecule has 2 aromatic heterocycles. The van der Waals surface area contributed by atoms with E-state index in [-0.39, 0.29) is 18.1 Å². The molecule has 8 heteroatoms. The Bertz CT molecular complexity index is 1170. The van der Waals surface area contributed by atoms with Gasteiger partial charge in [0.15, 0.2) is 5.65 Å². The van der Waals surface area contributed by atoms with E-state index in [0.717, 1.165) is 5.69 Å². The van der Waals surface area contributed by atoms with Crippen LogP contribution in [0.5, 0.6) is 0 Å². The molecular formula is C19H15N5O3. The van der Waals surface area contributed by atoms with Crippen molar-refractivity contribution in [2.24, 2.45) is 0 Å². The maximum atomic E-state index is 13.1. The zero-order valence-electron chi connectivity index (χ0n) is 14.1. The summed E-state index contributed by atoms with van der Waals surface area (Å²) in [7, 11) is 0. The molecule has 2 N–H and O–H groups in total. The van der Waals surface area contributed by atoms with Gasteiger partial charge in [0.1, 0.15) is 11.9 Å². The lowest BCUT2D eigenvalue weighted by molar-refractivity contribution is -0.134. The zero-order chi connectivity index (χ0) is 18.8. The van der Waals surface area contributed by atoms with Crippen LogP contribution in [0.25, 0.3) is 22.4 Å².